The predicted octanol–water partition coefficient (Wildman–Crippen LogP) is 4.51. The van der Waals surface area contributed by atoms with Crippen LogP contribution in [0.2, 0.25) is 0 Å². The molecule has 1 aliphatic heterocycles. The standard InChI is InChI=1S/C28H28N2O6/c1-4-15-36-21-8-5-19(6-9-21)25-24(26(31)20-7-10-22(34-2)23(16-20)35-3)27(32)28(33)30(25)17-18-11-13-29-14-12-18/h5-14,16,25,31H,4,15,17H2,1-3H3. The molecule has 1 aliphatic rings. The molecular formula is C28H28N2O6. The number of pyridine rings is 1. The quantitative estimate of drug-likeness (QED) is 0.269. The fourth-order valence-corrected chi connectivity index (χ4v) is 4.18. The van der Waals surface area contributed by atoms with Gasteiger partial charge in [0.15, 0.2) is 11.5 Å². The Morgan fingerprint density at radius 2 is 1.67 bits per heavy atom. The number of hydrogen-bond acceptors (Lipinski definition) is 7. The van der Waals surface area contributed by atoms with E-state index in [1.165, 1.54) is 19.1 Å². The molecule has 0 saturated carbocycles. The molecule has 0 bridgehead atoms. The number of methoxy groups -OCH3 is 2. The maximum absolute atomic E-state index is 13.3. The van der Waals surface area contributed by atoms with Gasteiger partial charge < -0.3 is 24.2 Å². The van der Waals surface area contributed by atoms with Crippen molar-refractivity contribution >= 4 is 17.4 Å². The molecule has 4 rings (SSSR count). The van der Waals surface area contributed by atoms with Gasteiger partial charge in [0.25, 0.3) is 11.7 Å². The number of nitrogens with zero attached hydrogens (tertiary/aromatic N) is 2. The van der Waals surface area contributed by atoms with Gasteiger partial charge in [0.2, 0.25) is 0 Å². The van der Waals surface area contributed by atoms with Crippen molar-refractivity contribution in [1.29, 1.82) is 0 Å². The predicted molar refractivity (Wildman–Crippen MR) is 134 cm³/mol. The Bertz CT molecular complexity index is 1270. The minimum atomic E-state index is -0.800. The first-order valence-electron chi connectivity index (χ1n) is 11.6. The van der Waals surface area contributed by atoms with Crippen LogP contribution in [0.5, 0.6) is 17.2 Å². The number of carbonyl (C=O) groups is 2. The van der Waals surface area contributed by atoms with Crippen molar-refractivity contribution in [2.24, 2.45) is 0 Å². The minimum Gasteiger partial charge on any atom is -0.507 e. The number of aliphatic hydroxyl groups is 1. The van der Waals surface area contributed by atoms with Crippen LogP contribution in [-0.2, 0) is 16.1 Å². The number of carbonyl (C=O) groups excluding carboxylic acids is 2. The molecule has 1 atom stereocenters. The molecular weight excluding hydrogens is 460 g/mol. The van der Waals surface area contributed by atoms with Crippen LogP contribution in [0.15, 0.2) is 72.6 Å². The average molecular weight is 489 g/mol. The first kappa shape index (κ1) is 24.8. The number of amides is 1. The molecule has 0 aliphatic carbocycles. The molecule has 1 N–H and O–H groups in total. The highest BCUT2D eigenvalue weighted by atomic mass is 16.5. The highest BCUT2D eigenvalue weighted by Crippen LogP contribution is 2.41. The summed E-state index contributed by atoms with van der Waals surface area (Å²) in [6.45, 7) is 2.78. The maximum Gasteiger partial charge on any atom is 0.295 e. The van der Waals surface area contributed by atoms with E-state index in [2.05, 4.69) is 4.98 Å². The molecule has 2 aromatic carbocycles. The van der Waals surface area contributed by atoms with Gasteiger partial charge in [-0.15, -0.1) is 0 Å². The van der Waals surface area contributed by atoms with E-state index in [0.717, 1.165) is 12.0 Å². The zero-order valence-electron chi connectivity index (χ0n) is 20.4. The maximum atomic E-state index is 13.3. The molecule has 36 heavy (non-hydrogen) atoms. The number of rotatable bonds is 9. The number of benzene rings is 2. The molecule has 1 fully saturated rings. The number of hydrogen-bond donors (Lipinski definition) is 1. The minimum absolute atomic E-state index is 0.00324. The number of ketones is 1. The van der Waals surface area contributed by atoms with Crippen LogP contribution < -0.4 is 14.2 Å². The summed E-state index contributed by atoms with van der Waals surface area (Å²) < 4.78 is 16.3. The zero-order chi connectivity index (χ0) is 25.7. The van der Waals surface area contributed by atoms with E-state index in [1.807, 2.05) is 19.1 Å². The lowest BCUT2D eigenvalue weighted by Crippen LogP contribution is -2.29. The highest BCUT2D eigenvalue weighted by molar-refractivity contribution is 6.46. The van der Waals surface area contributed by atoms with Gasteiger partial charge in [-0.1, -0.05) is 19.1 Å². The summed E-state index contributed by atoms with van der Waals surface area (Å²) in [6, 6.07) is 14.8. The van der Waals surface area contributed by atoms with E-state index < -0.39 is 17.7 Å². The third-order valence-corrected chi connectivity index (χ3v) is 5.97. The van der Waals surface area contributed by atoms with Crippen LogP contribution >= 0.6 is 0 Å². The van der Waals surface area contributed by atoms with Crippen molar-refractivity contribution in [2.75, 3.05) is 20.8 Å². The largest absolute Gasteiger partial charge is 0.507 e. The monoisotopic (exact) mass is 488 g/mol. The summed E-state index contributed by atoms with van der Waals surface area (Å²) in [7, 11) is 2.99. The van der Waals surface area contributed by atoms with Gasteiger partial charge in [0.1, 0.15) is 11.5 Å². The molecule has 1 amide bonds. The Hall–Kier alpha value is -4.33. The second-order valence-corrected chi connectivity index (χ2v) is 8.27. The molecule has 0 radical (unpaired) electrons. The van der Waals surface area contributed by atoms with Gasteiger partial charge >= 0.3 is 0 Å². The molecule has 186 valence electrons. The molecule has 1 unspecified atom stereocenters. The Labute approximate surface area is 209 Å². The number of ether oxygens (including phenoxy) is 3. The van der Waals surface area contributed by atoms with Crippen LogP contribution in [0.4, 0.5) is 0 Å². The van der Waals surface area contributed by atoms with Crippen LogP contribution in [-0.4, -0.2) is 47.5 Å². The number of likely N-dealkylation sites (tertiary alicyclic amines) is 1. The van der Waals surface area contributed by atoms with Crippen LogP contribution in [0.3, 0.4) is 0 Å². The second kappa shape index (κ2) is 10.9. The van der Waals surface area contributed by atoms with Crippen molar-refractivity contribution in [3.63, 3.8) is 0 Å². The van der Waals surface area contributed by atoms with Crippen molar-refractivity contribution in [1.82, 2.24) is 9.88 Å². The van der Waals surface area contributed by atoms with E-state index >= 15 is 0 Å². The van der Waals surface area contributed by atoms with Gasteiger partial charge in [0, 0.05) is 24.5 Å². The summed E-state index contributed by atoms with van der Waals surface area (Å²) in [4.78, 5) is 32.0. The van der Waals surface area contributed by atoms with Crippen molar-refractivity contribution in [3.8, 4) is 17.2 Å². The lowest BCUT2D eigenvalue weighted by atomic mass is 9.95. The van der Waals surface area contributed by atoms with E-state index in [-0.39, 0.29) is 17.9 Å². The highest BCUT2D eigenvalue weighted by Gasteiger charge is 2.46. The summed E-state index contributed by atoms with van der Waals surface area (Å²) in [6.07, 6.45) is 4.13. The number of aliphatic hydroxyl groups excluding tert-OH is 1. The van der Waals surface area contributed by atoms with Crippen molar-refractivity contribution in [3.05, 3.63) is 89.3 Å². The van der Waals surface area contributed by atoms with E-state index in [9.17, 15) is 14.7 Å². The van der Waals surface area contributed by atoms with Gasteiger partial charge in [-0.3, -0.25) is 14.6 Å². The van der Waals surface area contributed by atoms with Crippen LogP contribution in [0, 0.1) is 0 Å². The molecule has 1 aromatic heterocycles. The number of aromatic nitrogens is 1. The Morgan fingerprint density at radius 1 is 0.972 bits per heavy atom. The van der Waals surface area contributed by atoms with Crippen LogP contribution in [0.1, 0.15) is 36.1 Å². The average Bonchev–Trinajstić information content (AvgIpc) is 3.16. The molecule has 3 aromatic rings. The first-order valence-corrected chi connectivity index (χ1v) is 11.6. The molecule has 0 spiro atoms. The fraction of sp³-hybridized carbons (Fsp3) is 0.250. The van der Waals surface area contributed by atoms with Gasteiger partial charge in [-0.2, -0.15) is 0 Å². The molecule has 2 heterocycles. The molecule has 1 saturated heterocycles. The summed E-state index contributed by atoms with van der Waals surface area (Å²) in [5, 5.41) is 11.3. The lowest BCUT2D eigenvalue weighted by molar-refractivity contribution is -0.140. The Balaban J connectivity index is 1.82. The lowest BCUT2D eigenvalue weighted by Gasteiger charge is -2.25. The zero-order valence-corrected chi connectivity index (χ0v) is 20.4. The van der Waals surface area contributed by atoms with Crippen molar-refractivity contribution < 1.29 is 28.9 Å². The van der Waals surface area contributed by atoms with Crippen molar-refractivity contribution in [2.45, 2.75) is 25.9 Å². The van der Waals surface area contributed by atoms with Gasteiger partial charge in [-0.25, -0.2) is 0 Å². The van der Waals surface area contributed by atoms with Gasteiger partial charge in [0.05, 0.1) is 32.4 Å². The SMILES string of the molecule is CCCOc1ccc(C2C(=C(O)c3ccc(OC)c(OC)c3)C(=O)C(=O)N2Cc2ccncc2)cc1. The number of Topliss-reactive ketones (excluding diaryl/α,β-unsaturated/α-hetero) is 1. The molecule has 8 nitrogen and oxygen atoms in total. The van der Waals surface area contributed by atoms with E-state index in [4.69, 9.17) is 14.2 Å². The third-order valence-electron chi connectivity index (χ3n) is 5.97. The topological polar surface area (TPSA) is 98.2 Å². The van der Waals surface area contributed by atoms with E-state index in [1.54, 1.807) is 54.9 Å². The fourth-order valence-electron chi connectivity index (χ4n) is 4.18. The second-order valence-electron chi connectivity index (χ2n) is 8.27. The van der Waals surface area contributed by atoms with Crippen LogP contribution in [0.25, 0.3) is 5.76 Å². The molecule has 8 heteroatoms. The summed E-state index contributed by atoms with van der Waals surface area (Å²) in [5.41, 5.74) is 1.83. The summed E-state index contributed by atoms with van der Waals surface area (Å²) >= 11 is 0. The first-order chi connectivity index (χ1) is 17.5. The Kier molecular flexibility index (Phi) is 7.53. The Morgan fingerprint density at radius 3 is 2.31 bits per heavy atom. The normalized spacial score (nSPS) is 16.8. The van der Waals surface area contributed by atoms with E-state index in [0.29, 0.717) is 35.0 Å². The van der Waals surface area contributed by atoms with Gasteiger partial charge in [-0.05, 0) is 60.0 Å². The smallest absolute Gasteiger partial charge is 0.295 e. The third kappa shape index (κ3) is 4.88. The summed E-state index contributed by atoms with van der Waals surface area (Å²) in [5.74, 6) is -0.180.